The number of aromatic nitrogens is 3. The van der Waals surface area contributed by atoms with Gasteiger partial charge in [-0.05, 0) is 56.2 Å². The number of nitrogens with zero attached hydrogens (tertiary/aromatic N) is 5. The summed E-state index contributed by atoms with van der Waals surface area (Å²) in [5.41, 5.74) is 4.77. The van der Waals surface area contributed by atoms with Crippen LogP contribution in [0.15, 0.2) is 48.7 Å². The second kappa shape index (κ2) is 8.74. The summed E-state index contributed by atoms with van der Waals surface area (Å²) >= 11 is 0. The number of fused-ring (bicyclic) bond motifs is 2. The Bertz CT molecular complexity index is 1590. The van der Waals surface area contributed by atoms with Crippen LogP contribution in [0.2, 0.25) is 0 Å². The van der Waals surface area contributed by atoms with Gasteiger partial charge in [-0.2, -0.15) is 15.0 Å². The SMILES string of the molecule is Cc1cc(C)c2nc(-n3ncc(C#N)c3NC(=O)CCN3C(=O)c4ccccc4C3=O)cc(C)c2c1. The molecule has 0 bridgehead atoms. The van der Waals surface area contributed by atoms with Crippen molar-refractivity contribution in [3.05, 3.63) is 82.0 Å². The van der Waals surface area contributed by atoms with Gasteiger partial charge in [-0.15, -0.1) is 0 Å². The molecular weight excluding hydrogens is 456 g/mol. The van der Waals surface area contributed by atoms with Gasteiger partial charge in [0, 0.05) is 18.4 Å². The number of aryl methyl sites for hydroxylation is 3. The molecule has 3 amide bonds. The minimum Gasteiger partial charge on any atom is -0.309 e. The molecule has 2 aromatic carbocycles. The molecular formula is C27H22N6O3. The molecule has 0 saturated carbocycles. The van der Waals surface area contributed by atoms with E-state index in [9.17, 15) is 19.6 Å². The van der Waals surface area contributed by atoms with E-state index in [-0.39, 0.29) is 24.3 Å². The third kappa shape index (κ3) is 3.79. The molecule has 1 N–H and O–H groups in total. The molecule has 9 nitrogen and oxygen atoms in total. The van der Waals surface area contributed by atoms with Gasteiger partial charge in [0.2, 0.25) is 5.91 Å². The van der Waals surface area contributed by atoms with Crippen molar-refractivity contribution in [3.8, 4) is 11.9 Å². The van der Waals surface area contributed by atoms with Crippen molar-refractivity contribution >= 4 is 34.4 Å². The van der Waals surface area contributed by atoms with E-state index < -0.39 is 17.7 Å². The van der Waals surface area contributed by atoms with E-state index >= 15 is 0 Å². The molecule has 1 aliphatic rings. The van der Waals surface area contributed by atoms with Crippen LogP contribution in [-0.4, -0.2) is 43.9 Å². The Morgan fingerprint density at radius 3 is 2.39 bits per heavy atom. The zero-order valence-electron chi connectivity index (χ0n) is 20.0. The molecule has 0 atom stereocenters. The second-order valence-corrected chi connectivity index (χ2v) is 8.81. The summed E-state index contributed by atoms with van der Waals surface area (Å²) in [5.74, 6) is -0.667. The summed E-state index contributed by atoms with van der Waals surface area (Å²) in [6, 6.07) is 14.6. The number of anilines is 1. The van der Waals surface area contributed by atoms with Gasteiger partial charge >= 0.3 is 0 Å². The van der Waals surface area contributed by atoms with Crippen LogP contribution in [0.4, 0.5) is 5.82 Å². The third-order valence-electron chi connectivity index (χ3n) is 6.25. The minimum absolute atomic E-state index is 0.0833. The highest BCUT2D eigenvalue weighted by Crippen LogP contribution is 2.27. The van der Waals surface area contributed by atoms with Crippen molar-refractivity contribution in [2.24, 2.45) is 0 Å². The maximum atomic E-state index is 12.8. The van der Waals surface area contributed by atoms with Crippen molar-refractivity contribution in [1.82, 2.24) is 19.7 Å². The normalized spacial score (nSPS) is 12.7. The molecule has 3 heterocycles. The lowest BCUT2D eigenvalue weighted by Gasteiger charge is -2.15. The van der Waals surface area contributed by atoms with Crippen LogP contribution in [0.5, 0.6) is 0 Å². The number of carbonyl (C=O) groups excluding carboxylic acids is 3. The summed E-state index contributed by atoms with van der Waals surface area (Å²) in [4.78, 5) is 43.8. The molecule has 0 radical (unpaired) electrons. The lowest BCUT2D eigenvalue weighted by molar-refractivity contribution is -0.116. The first kappa shape index (κ1) is 22.9. The maximum Gasteiger partial charge on any atom is 0.261 e. The zero-order chi connectivity index (χ0) is 25.6. The predicted molar refractivity (Wildman–Crippen MR) is 133 cm³/mol. The monoisotopic (exact) mass is 478 g/mol. The lowest BCUT2D eigenvalue weighted by atomic mass is 10.0. The number of pyridine rings is 1. The van der Waals surface area contributed by atoms with Crippen LogP contribution in [0.3, 0.4) is 0 Å². The van der Waals surface area contributed by atoms with Crippen LogP contribution in [-0.2, 0) is 4.79 Å². The van der Waals surface area contributed by atoms with Crippen LogP contribution in [0.1, 0.15) is 49.4 Å². The number of hydrogen-bond donors (Lipinski definition) is 1. The average molecular weight is 479 g/mol. The van der Waals surface area contributed by atoms with Gasteiger partial charge in [0.05, 0.1) is 22.8 Å². The first-order valence-electron chi connectivity index (χ1n) is 11.4. The summed E-state index contributed by atoms with van der Waals surface area (Å²) in [7, 11) is 0. The number of benzene rings is 2. The molecule has 0 saturated heterocycles. The van der Waals surface area contributed by atoms with Crippen molar-refractivity contribution in [1.29, 1.82) is 5.26 Å². The first-order chi connectivity index (χ1) is 17.3. The summed E-state index contributed by atoms with van der Waals surface area (Å²) in [6.45, 7) is 5.90. The number of amides is 3. The number of nitrogens with one attached hydrogen (secondary N) is 1. The third-order valence-corrected chi connectivity index (χ3v) is 6.25. The molecule has 1 aliphatic heterocycles. The van der Waals surface area contributed by atoms with E-state index in [1.165, 1.54) is 10.9 Å². The number of nitriles is 1. The van der Waals surface area contributed by atoms with E-state index in [0.29, 0.717) is 16.9 Å². The zero-order valence-corrected chi connectivity index (χ0v) is 20.0. The lowest BCUT2D eigenvalue weighted by Crippen LogP contribution is -2.33. The molecule has 178 valence electrons. The van der Waals surface area contributed by atoms with Crippen LogP contribution >= 0.6 is 0 Å². The van der Waals surface area contributed by atoms with E-state index in [0.717, 1.165) is 32.5 Å². The predicted octanol–water partition coefficient (Wildman–Crippen LogP) is 3.84. The highest BCUT2D eigenvalue weighted by Gasteiger charge is 2.35. The number of imide groups is 1. The Labute approximate surface area is 207 Å². The van der Waals surface area contributed by atoms with Gasteiger partial charge < -0.3 is 5.32 Å². The second-order valence-electron chi connectivity index (χ2n) is 8.81. The van der Waals surface area contributed by atoms with E-state index in [4.69, 9.17) is 4.98 Å². The number of hydrogen-bond acceptors (Lipinski definition) is 6. The fourth-order valence-corrected chi connectivity index (χ4v) is 4.51. The molecule has 0 fully saturated rings. The quantitative estimate of drug-likeness (QED) is 0.435. The Morgan fingerprint density at radius 2 is 1.72 bits per heavy atom. The fourth-order valence-electron chi connectivity index (χ4n) is 4.51. The van der Waals surface area contributed by atoms with Crippen LogP contribution < -0.4 is 5.32 Å². The molecule has 0 aliphatic carbocycles. The van der Waals surface area contributed by atoms with Crippen molar-refractivity contribution in [2.45, 2.75) is 27.2 Å². The van der Waals surface area contributed by atoms with E-state index in [1.807, 2.05) is 39.0 Å². The van der Waals surface area contributed by atoms with Gasteiger partial charge in [-0.1, -0.05) is 23.8 Å². The molecule has 0 unspecified atom stereocenters. The highest BCUT2D eigenvalue weighted by molar-refractivity contribution is 6.21. The molecule has 4 aromatic rings. The topological polar surface area (TPSA) is 121 Å². The number of carbonyl (C=O) groups is 3. The van der Waals surface area contributed by atoms with Gasteiger partial charge in [0.15, 0.2) is 11.6 Å². The first-order valence-corrected chi connectivity index (χ1v) is 11.4. The Hall–Kier alpha value is -4.84. The van der Waals surface area contributed by atoms with Crippen LogP contribution in [0, 0.1) is 32.1 Å². The summed E-state index contributed by atoms with van der Waals surface area (Å²) in [5, 5.41) is 17.6. The van der Waals surface area contributed by atoms with Gasteiger partial charge in [0.25, 0.3) is 11.8 Å². The molecule has 0 spiro atoms. The number of rotatable bonds is 5. The van der Waals surface area contributed by atoms with Crippen molar-refractivity contribution in [2.75, 3.05) is 11.9 Å². The van der Waals surface area contributed by atoms with E-state index in [2.05, 4.69) is 16.5 Å². The highest BCUT2D eigenvalue weighted by atomic mass is 16.2. The minimum atomic E-state index is -0.464. The molecule has 36 heavy (non-hydrogen) atoms. The molecule has 2 aromatic heterocycles. The Balaban J connectivity index is 1.40. The summed E-state index contributed by atoms with van der Waals surface area (Å²) < 4.78 is 1.42. The molecule has 5 rings (SSSR count). The smallest absolute Gasteiger partial charge is 0.261 e. The maximum absolute atomic E-state index is 12.8. The van der Waals surface area contributed by atoms with Gasteiger partial charge in [0.1, 0.15) is 11.6 Å². The van der Waals surface area contributed by atoms with Crippen molar-refractivity contribution in [3.63, 3.8) is 0 Å². The van der Waals surface area contributed by atoms with Gasteiger partial charge in [-0.25, -0.2) is 4.98 Å². The van der Waals surface area contributed by atoms with Crippen LogP contribution in [0.25, 0.3) is 16.7 Å². The standard InChI is InChI=1S/C27H22N6O3/c1-15-10-17(3)24-21(11-15)16(2)12-22(30-24)33-25(18(13-28)14-29-33)31-23(34)8-9-32-26(35)19-6-4-5-7-20(19)27(32)36/h4-7,10-12,14H,8-9H2,1-3H3,(H,31,34). The van der Waals surface area contributed by atoms with Gasteiger partial charge in [-0.3, -0.25) is 19.3 Å². The average Bonchev–Trinajstić information content (AvgIpc) is 3.36. The molecule has 9 heteroatoms. The van der Waals surface area contributed by atoms with Crippen molar-refractivity contribution < 1.29 is 14.4 Å². The Morgan fingerprint density at radius 1 is 1.03 bits per heavy atom. The van der Waals surface area contributed by atoms with E-state index in [1.54, 1.807) is 24.3 Å². The fraction of sp³-hybridized carbons (Fsp3) is 0.185. The largest absolute Gasteiger partial charge is 0.309 e. The Kier molecular flexibility index (Phi) is 5.57. The summed E-state index contributed by atoms with van der Waals surface area (Å²) in [6.07, 6.45) is 1.23.